The minimum absolute atomic E-state index is 0.180. The standard InChI is InChI=1S/C27H27N3O4/c1-18(20-8-9-25(26(16-20)33-3)34-15-14-32-2)29-27(31)22-17-24(19-10-12-28-13-11-19)30-23-7-5-4-6-21(22)23/h4-13,16-18H,14-15H2,1-3H3,(H,29,31). The van der Waals surface area contributed by atoms with E-state index in [1.165, 1.54) is 0 Å². The molecule has 2 aromatic heterocycles. The summed E-state index contributed by atoms with van der Waals surface area (Å²) in [5, 5.41) is 3.91. The lowest BCUT2D eigenvalue weighted by Crippen LogP contribution is -2.27. The molecular weight excluding hydrogens is 430 g/mol. The van der Waals surface area contributed by atoms with Gasteiger partial charge in [-0.05, 0) is 48.9 Å². The van der Waals surface area contributed by atoms with Gasteiger partial charge in [-0.2, -0.15) is 0 Å². The fourth-order valence-electron chi connectivity index (χ4n) is 3.70. The number of hydrogen-bond donors (Lipinski definition) is 1. The van der Waals surface area contributed by atoms with Crippen molar-refractivity contribution in [1.82, 2.24) is 15.3 Å². The van der Waals surface area contributed by atoms with Gasteiger partial charge in [0.25, 0.3) is 5.91 Å². The van der Waals surface area contributed by atoms with Crippen LogP contribution in [0.25, 0.3) is 22.2 Å². The number of amides is 1. The lowest BCUT2D eigenvalue weighted by Gasteiger charge is -2.18. The highest BCUT2D eigenvalue weighted by Crippen LogP contribution is 2.31. The van der Waals surface area contributed by atoms with Crippen molar-refractivity contribution < 1.29 is 19.0 Å². The molecule has 4 rings (SSSR count). The van der Waals surface area contributed by atoms with Gasteiger partial charge in [-0.1, -0.05) is 24.3 Å². The Morgan fingerprint density at radius 1 is 0.971 bits per heavy atom. The number of ether oxygens (including phenoxy) is 3. The van der Waals surface area contributed by atoms with E-state index in [0.717, 1.165) is 27.7 Å². The lowest BCUT2D eigenvalue weighted by molar-refractivity contribution is 0.0941. The van der Waals surface area contributed by atoms with E-state index in [0.29, 0.717) is 30.3 Å². The lowest BCUT2D eigenvalue weighted by atomic mass is 10.0. The number of aromatic nitrogens is 2. The fourth-order valence-corrected chi connectivity index (χ4v) is 3.70. The van der Waals surface area contributed by atoms with Gasteiger partial charge in [0.1, 0.15) is 6.61 Å². The molecule has 7 nitrogen and oxygen atoms in total. The number of carbonyl (C=O) groups excluding carboxylic acids is 1. The summed E-state index contributed by atoms with van der Waals surface area (Å²) in [5.74, 6) is 1.05. The molecule has 1 atom stereocenters. The number of benzene rings is 2. The number of fused-ring (bicyclic) bond motifs is 1. The molecule has 0 aliphatic heterocycles. The first-order valence-corrected chi connectivity index (χ1v) is 11.0. The van der Waals surface area contributed by atoms with Crippen molar-refractivity contribution in [2.75, 3.05) is 27.4 Å². The Morgan fingerprint density at radius 2 is 1.76 bits per heavy atom. The zero-order valence-corrected chi connectivity index (χ0v) is 19.4. The van der Waals surface area contributed by atoms with Crippen LogP contribution in [0.2, 0.25) is 0 Å². The van der Waals surface area contributed by atoms with Crippen molar-refractivity contribution in [2.45, 2.75) is 13.0 Å². The van der Waals surface area contributed by atoms with Crippen molar-refractivity contribution in [1.29, 1.82) is 0 Å². The molecule has 0 fully saturated rings. The Hall–Kier alpha value is -3.97. The van der Waals surface area contributed by atoms with Crippen molar-refractivity contribution in [2.24, 2.45) is 0 Å². The van der Waals surface area contributed by atoms with Crippen molar-refractivity contribution >= 4 is 16.8 Å². The summed E-state index contributed by atoms with van der Waals surface area (Å²) >= 11 is 0. The second-order valence-corrected chi connectivity index (χ2v) is 7.75. The predicted molar refractivity (Wildman–Crippen MR) is 131 cm³/mol. The molecule has 7 heteroatoms. The smallest absolute Gasteiger partial charge is 0.252 e. The molecule has 0 spiro atoms. The Kier molecular flexibility index (Phi) is 7.34. The van der Waals surface area contributed by atoms with Crippen LogP contribution < -0.4 is 14.8 Å². The number of nitrogens with one attached hydrogen (secondary N) is 1. The summed E-state index contributed by atoms with van der Waals surface area (Å²) in [5.41, 5.74) is 3.84. The van der Waals surface area contributed by atoms with Crippen LogP contribution in [0.4, 0.5) is 0 Å². The Balaban J connectivity index is 1.60. The van der Waals surface area contributed by atoms with E-state index >= 15 is 0 Å². The number of para-hydroxylation sites is 1. The van der Waals surface area contributed by atoms with Gasteiger partial charge in [-0.25, -0.2) is 4.98 Å². The molecule has 1 N–H and O–H groups in total. The number of nitrogens with zero attached hydrogens (tertiary/aromatic N) is 2. The third kappa shape index (κ3) is 5.15. The highest BCUT2D eigenvalue weighted by atomic mass is 16.5. The molecule has 1 unspecified atom stereocenters. The zero-order chi connectivity index (χ0) is 23.9. The first-order chi connectivity index (χ1) is 16.6. The Labute approximate surface area is 198 Å². The molecule has 174 valence electrons. The van der Waals surface area contributed by atoms with Gasteiger partial charge in [-0.15, -0.1) is 0 Å². The summed E-state index contributed by atoms with van der Waals surface area (Å²) in [7, 11) is 3.22. The monoisotopic (exact) mass is 457 g/mol. The third-order valence-corrected chi connectivity index (χ3v) is 5.52. The van der Waals surface area contributed by atoms with Gasteiger partial charge in [0.05, 0.1) is 36.5 Å². The second-order valence-electron chi connectivity index (χ2n) is 7.75. The zero-order valence-electron chi connectivity index (χ0n) is 19.4. The van der Waals surface area contributed by atoms with Gasteiger partial charge in [0, 0.05) is 30.5 Å². The average molecular weight is 458 g/mol. The largest absolute Gasteiger partial charge is 0.493 e. The molecule has 1 amide bonds. The summed E-state index contributed by atoms with van der Waals surface area (Å²) in [6, 6.07) is 18.6. The molecule has 0 aliphatic carbocycles. The summed E-state index contributed by atoms with van der Waals surface area (Å²) in [4.78, 5) is 22.2. The maximum Gasteiger partial charge on any atom is 0.252 e. The Bertz CT molecular complexity index is 1280. The van der Waals surface area contributed by atoms with E-state index in [1.807, 2.05) is 67.6 Å². The molecule has 4 aromatic rings. The van der Waals surface area contributed by atoms with Crippen molar-refractivity contribution in [3.05, 3.63) is 84.2 Å². The van der Waals surface area contributed by atoms with E-state index < -0.39 is 0 Å². The molecule has 0 aliphatic rings. The minimum Gasteiger partial charge on any atom is -0.493 e. The van der Waals surface area contributed by atoms with Crippen LogP contribution in [0.5, 0.6) is 11.5 Å². The number of hydrogen-bond acceptors (Lipinski definition) is 6. The van der Waals surface area contributed by atoms with Gasteiger partial charge in [-0.3, -0.25) is 9.78 Å². The first kappa shape index (κ1) is 23.2. The molecule has 2 aromatic carbocycles. The summed E-state index contributed by atoms with van der Waals surface area (Å²) in [6.45, 7) is 2.84. The molecule has 0 saturated carbocycles. The van der Waals surface area contributed by atoms with Crippen LogP contribution in [0, 0.1) is 0 Å². The maximum absolute atomic E-state index is 13.4. The third-order valence-electron chi connectivity index (χ3n) is 5.52. The van der Waals surface area contributed by atoms with Gasteiger partial charge in [0.2, 0.25) is 0 Å². The number of methoxy groups -OCH3 is 2. The number of carbonyl (C=O) groups is 1. The van der Waals surface area contributed by atoms with Gasteiger partial charge in [0.15, 0.2) is 11.5 Å². The second kappa shape index (κ2) is 10.8. The average Bonchev–Trinajstić information content (AvgIpc) is 2.88. The molecule has 34 heavy (non-hydrogen) atoms. The van der Waals surface area contributed by atoms with Crippen LogP contribution >= 0.6 is 0 Å². The first-order valence-electron chi connectivity index (χ1n) is 11.0. The SMILES string of the molecule is COCCOc1ccc(C(C)NC(=O)c2cc(-c3ccncc3)nc3ccccc23)cc1OC. The number of rotatable bonds is 9. The normalized spacial score (nSPS) is 11.7. The molecular formula is C27H27N3O4. The predicted octanol–water partition coefficient (Wildman–Crippen LogP) is 4.82. The highest BCUT2D eigenvalue weighted by molar-refractivity contribution is 6.07. The molecule has 0 radical (unpaired) electrons. The van der Waals surface area contributed by atoms with Gasteiger partial charge >= 0.3 is 0 Å². The van der Waals surface area contributed by atoms with E-state index in [2.05, 4.69) is 10.3 Å². The minimum atomic E-state index is -0.259. The summed E-state index contributed by atoms with van der Waals surface area (Å²) in [6.07, 6.45) is 3.42. The fraction of sp³-hybridized carbons (Fsp3) is 0.222. The molecule has 0 saturated heterocycles. The topological polar surface area (TPSA) is 82.6 Å². The van der Waals surface area contributed by atoms with Crippen LogP contribution in [-0.4, -0.2) is 43.3 Å². The quantitative estimate of drug-likeness (QED) is 0.363. The van der Waals surface area contributed by atoms with Crippen LogP contribution in [-0.2, 0) is 4.74 Å². The maximum atomic E-state index is 13.4. The Morgan fingerprint density at radius 3 is 2.53 bits per heavy atom. The van der Waals surface area contributed by atoms with E-state index in [9.17, 15) is 4.79 Å². The van der Waals surface area contributed by atoms with Crippen LogP contribution in [0.3, 0.4) is 0 Å². The highest BCUT2D eigenvalue weighted by Gasteiger charge is 2.18. The van der Waals surface area contributed by atoms with Crippen molar-refractivity contribution in [3.63, 3.8) is 0 Å². The van der Waals surface area contributed by atoms with Crippen molar-refractivity contribution in [3.8, 4) is 22.8 Å². The van der Waals surface area contributed by atoms with E-state index in [-0.39, 0.29) is 11.9 Å². The number of pyridine rings is 2. The van der Waals surface area contributed by atoms with E-state index in [4.69, 9.17) is 19.2 Å². The van der Waals surface area contributed by atoms with Gasteiger partial charge < -0.3 is 19.5 Å². The van der Waals surface area contributed by atoms with Crippen LogP contribution in [0.15, 0.2) is 73.1 Å². The van der Waals surface area contributed by atoms with Crippen LogP contribution in [0.1, 0.15) is 28.9 Å². The van der Waals surface area contributed by atoms with E-state index in [1.54, 1.807) is 26.6 Å². The summed E-state index contributed by atoms with van der Waals surface area (Å²) < 4.78 is 16.2. The molecule has 2 heterocycles. The molecule has 0 bridgehead atoms.